The average Bonchev–Trinajstić information content (AvgIpc) is 3.53. The highest BCUT2D eigenvalue weighted by atomic mass is 32.1. The fourth-order valence-electron chi connectivity index (χ4n) is 10.3. The number of aromatic hydroxyl groups is 1. The number of hydrogen-bond donors (Lipinski definition) is 6. The zero-order valence-electron chi connectivity index (χ0n) is 43.8. The largest absolute Gasteiger partial charge is 0.508 e. The summed E-state index contributed by atoms with van der Waals surface area (Å²) in [5.74, 6) is -4.71. The molecule has 0 aromatic heterocycles. The summed E-state index contributed by atoms with van der Waals surface area (Å²) in [5.41, 5.74) is 3.00. The van der Waals surface area contributed by atoms with Gasteiger partial charge >= 0.3 is 11.9 Å². The first-order chi connectivity index (χ1) is 37.2. The van der Waals surface area contributed by atoms with Gasteiger partial charge in [-0.05, 0) is 110 Å². The van der Waals surface area contributed by atoms with E-state index < -0.39 is 35.2 Å². The molecule has 18 heteroatoms. The molecule has 1 saturated carbocycles. The van der Waals surface area contributed by atoms with Crippen LogP contribution in [0.4, 0.5) is 17.1 Å². The second-order valence-electron chi connectivity index (χ2n) is 21.2. The number of thiocarbonyl (C=S) groups is 1. The van der Waals surface area contributed by atoms with Gasteiger partial charge in [-0.3, -0.25) is 28.8 Å². The number of fused-ring (bicyclic) bond motifs is 3. The average molecular weight is 1080 g/mol. The van der Waals surface area contributed by atoms with Gasteiger partial charge in [0.2, 0.25) is 5.91 Å². The molecule has 0 bridgehead atoms. The molecule has 4 aliphatic rings. The molecule has 4 aromatic carbocycles. The number of para-hydroxylation sites is 2. The number of Topliss-reactive ketones (excluding diaryl/α,β-unsaturated/α-hetero) is 3. The highest BCUT2D eigenvalue weighted by Gasteiger charge is 2.39. The highest BCUT2D eigenvalue weighted by molar-refractivity contribution is 7.80. The maximum Gasteiger partial charge on any atom is 0.336 e. The van der Waals surface area contributed by atoms with Gasteiger partial charge in [0.1, 0.15) is 34.7 Å². The van der Waals surface area contributed by atoms with Gasteiger partial charge in [0.05, 0.1) is 29.4 Å². The molecule has 0 unspecified atom stereocenters. The number of anilines is 3. The Bertz CT molecular complexity index is 3340. The SMILES string of the molecule is CC(C)(C)C(=O)CN1C(=O)[C@H](CC(=O)Cc2cccc(C(=O)N[C@@H](CCC(=O)CCCNC(=S)Nc3ccc(-c4c5ccc(=O)cc-5oc5cc(O)ccc45)c(C(=O)O)c3)C(=O)O)c2)CN(C2CCCCC2)c2ccccc21. The Morgan fingerprint density at radius 3 is 2.28 bits per heavy atom. The molecule has 0 spiro atoms. The lowest BCUT2D eigenvalue weighted by Gasteiger charge is -2.37. The Hall–Kier alpha value is -8.25. The van der Waals surface area contributed by atoms with Crippen molar-refractivity contribution in [3.8, 4) is 28.2 Å². The summed E-state index contributed by atoms with van der Waals surface area (Å²) >= 11 is 5.46. The number of carbonyl (C=O) groups excluding carboxylic acids is 5. The second kappa shape index (κ2) is 24.4. The first-order valence-electron chi connectivity index (χ1n) is 26.2. The number of aromatic carboxylic acids is 1. The minimum absolute atomic E-state index is 0.0736. The van der Waals surface area contributed by atoms with Crippen molar-refractivity contribution >= 4 is 86.5 Å². The third kappa shape index (κ3) is 13.5. The number of hydrogen-bond acceptors (Lipinski definition) is 12. The molecule has 2 amide bonds. The van der Waals surface area contributed by atoms with Crippen molar-refractivity contribution in [3.05, 3.63) is 130 Å². The predicted molar refractivity (Wildman–Crippen MR) is 300 cm³/mol. The zero-order chi connectivity index (χ0) is 55.8. The first-order valence-corrected chi connectivity index (χ1v) is 26.6. The third-order valence-corrected chi connectivity index (χ3v) is 14.7. The van der Waals surface area contributed by atoms with Crippen LogP contribution in [0.5, 0.6) is 5.75 Å². The molecule has 2 aliphatic heterocycles. The maximum atomic E-state index is 14.5. The van der Waals surface area contributed by atoms with Crippen LogP contribution in [0, 0.1) is 11.3 Å². The van der Waals surface area contributed by atoms with Crippen LogP contribution in [-0.2, 0) is 30.4 Å². The normalized spacial score (nSPS) is 15.3. The van der Waals surface area contributed by atoms with Crippen molar-refractivity contribution in [2.75, 3.05) is 34.8 Å². The van der Waals surface area contributed by atoms with Crippen LogP contribution in [0.15, 0.2) is 112 Å². The predicted octanol–water partition coefficient (Wildman–Crippen LogP) is 9.19. The molecule has 2 atom stereocenters. The van der Waals surface area contributed by atoms with E-state index in [9.17, 15) is 53.7 Å². The van der Waals surface area contributed by atoms with Crippen molar-refractivity contribution in [2.24, 2.45) is 11.3 Å². The molecule has 406 valence electrons. The fraction of sp³-hybridized carbons (Fsp3) is 0.350. The van der Waals surface area contributed by atoms with Gasteiger partial charge in [-0.15, -0.1) is 0 Å². The van der Waals surface area contributed by atoms with Crippen LogP contribution in [0.3, 0.4) is 0 Å². The topological polar surface area (TPSA) is 253 Å². The van der Waals surface area contributed by atoms with E-state index in [1.54, 1.807) is 41.3 Å². The third-order valence-electron chi connectivity index (χ3n) is 14.4. The van der Waals surface area contributed by atoms with Crippen LogP contribution >= 0.6 is 12.2 Å². The van der Waals surface area contributed by atoms with Gasteiger partial charge in [0.15, 0.2) is 16.3 Å². The number of ketones is 3. The fourth-order valence-corrected chi connectivity index (χ4v) is 10.5. The molecule has 8 rings (SSSR count). The van der Waals surface area contributed by atoms with Gasteiger partial charge in [-0.1, -0.05) is 70.4 Å². The quantitative estimate of drug-likeness (QED) is 0.0237. The van der Waals surface area contributed by atoms with Crippen molar-refractivity contribution in [2.45, 2.75) is 103 Å². The summed E-state index contributed by atoms with van der Waals surface area (Å²) in [6, 6.07) is 26.0. The lowest BCUT2D eigenvalue weighted by Crippen LogP contribution is -2.45. The standard InChI is InChI=1S/C60H63N5O12S/c1-60(2,3)53(70)34-65-50-17-8-7-16-49(50)64(39-13-5-4-6-14-39)33-37(56(65)72)29-43(69)28-35-11-9-12-36(27-35)55(71)63-48(58(75)76)25-21-40(66)15-10-26-61-59(78)62-38-18-22-44(47(30-38)57(73)74)54-45-23-19-41(67)31-51(45)77-52-32-42(68)20-24-46(52)54/h7-9,11-12,16-20,22-24,27,30-32,37,39,48,67H,4-6,10,13-15,21,25-26,28-29,33-34H2,1-3H3,(H,63,71)(H,73,74)(H,75,76)(H2,61,62,78)/t37-,48+/m1/s1. The van der Waals surface area contributed by atoms with Crippen molar-refractivity contribution < 1.29 is 53.3 Å². The number of aliphatic carboxylic acids is 1. The summed E-state index contributed by atoms with van der Waals surface area (Å²) in [6.07, 6.45) is 5.10. The van der Waals surface area contributed by atoms with E-state index in [4.69, 9.17) is 16.6 Å². The molecular weight excluding hydrogens is 1010 g/mol. The number of carboxylic acids is 2. The highest BCUT2D eigenvalue weighted by Crippen LogP contribution is 2.43. The smallest absolute Gasteiger partial charge is 0.336 e. The van der Waals surface area contributed by atoms with E-state index in [-0.39, 0.29) is 113 Å². The van der Waals surface area contributed by atoms with E-state index in [2.05, 4.69) is 20.9 Å². The van der Waals surface area contributed by atoms with Crippen LogP contribution in [0.2, 0.25) is 0 Å². The molecule has 2 heterocycles. The number of phenolic OH excluding ortho intramolecular Hbond substituents is 1. The Balaban J connectivity index is 0.829. The van der Waals surface area contributed by atoms with Gasteiger partial charge in [-0.25, -0.2) is 9.59 Å². The van der Waals surface area contributed by atoms with E-state index in [0.717, 1.165) is 37.8 Å². The summed E-state index contributed by atoms with van der Waals surface area (Å²) < 4.78 is 5.91. The minimum Gasteiger partial charge on any atom is -0.508 e. The van der Waals surface area contributed by atoms with Gasteiger partial charge in [-0.2, -0.15) is 0 Å². The van der Waals surface area contributed by atoms with Crippen molar-refractivity contribution in [1.82, 2.24) is 10.6 Å². The Kier molecular flexibility index (Phi) is 17.5. The Morgan fingerprint density at radius 1 is 0.808 bits per heavy atom. The molecule has 0 radical (unpaired) electrons. The van der Waals surface area contributed by atoms with Crippen LogP contribution in [0.1, 0.15) is 111 Å². The minimum atomic E-state index is -1.39. The van der Waals surface area contributed by atoms with Crippen LogP contribution in [-0.4, -0.2) is 93.3 Å². The molecule has 6 N–H and O–H groups in total. The Morgan fingerprint density at radius 2 is 1.55 bits per heavy atom. The molecule has 4 aromatic rings. The first kappa shape index (κ1) is 56.0. The lowest BCUT2D eigenvalue weighted by molar-refractivity contribution is -0.139. The van der Waals surface area contributed by atoms with E-state index >= 15 is 0 Å². The van der Waals surface area contributed by atoms with E-state index in [0.29, 0.717) is 52.0 Å². The number of carbonyl (C=O) groups is 7. The summed E-state index contributed by atoms with van der Waals surface area (Å²) in [5, 5.41) is 39.6. The number of phenols is 1. The monoisotopic (exact) mass is 1080 g/mol. The van der Waals surface area contributed by atoms with Crippen LogP contribution in [0.25, 0.3) is 33.4 Å². The van der Waals surface area contributed by atoms with E-state index in [1.165, 1.54) is 42.5 Å². The van der Waals surface area contributed by atoms with E-state index in [1.807, 2.05) is 45.0 Å². The van der Waals surface area contributed by atoms with Crippen molar-refractivity contribution in [1.29, 1.82) is 0 Å². The lowest BCUT2D eigenvalue weighted by atomic mass is 9.90. The second-order valence-corrected chi connectivity index (χ2v) is 21.6. The zero-order valence-corrected chi connectivity index (χ0v) is 44.6. The molecule has 78 heavy (non-hydrogen) atoms. The Labute approximate surface area is 456 Å². The van der Waals surface area contributed by atoms with Crippen molar-refractivity contribution in [3.63, 3.8) is 0 Å². The van der Waals surface area contributed by atoms with Gasteiger partial charge < -0.3 is 45.5 Å². The van der Waals surface area contributed by atoms with Gasteiger partial charge in [0.25, 0.3) is 5.91 Å². The molecule has 1 fully saturated rings. The van der Waals surface area contributed by atoms with Gasteiger partial charge in [0, 0.05) is 90.1 Å². The number of benzene rings is 5. The summed E-state index contributed by atoms with van der Waals surface area (Å²) in [7, 11) is 0. The molecule has 0 saturated heterocycles. The summed E-state index contributed by atoms with van der Waals surface area (Å²) in [6.45, 7) is 5.91. The maximum absolute atomic E-state index is 14.5. The molecule has 2 aliphatic carbocycles. The number of rotatable bonds is 20. The number of amides is 2. The van der Waals surface area contributed by atoms with Crippen LogP contribution < -0.4 is 31.2 Å². The molecular formula is C60H63N5O12S. The molecule has 17 nitrogen and oxygen atoms in total. The summed E-state index contributed by atoms with van der Waals surface area (Å²) in [4.78, 5) is 109. The number of nitrogens with one attached hydrogen (secondary N) is 3. The number of carboxylic acid groups (broad SMARTS) is 2. The number of nitrogens with zero attached hydrogens (tertiary/aromatic N) is 2.